The molecule has 2 rings (SSSR count). The van der Waals surface area contributed by atoms with Gasteiger partial charge in [0.1, 0.15) is 0 Å². The summed E-state index contributed by atoms with van der Waals surface area (Å²) in [7, 11) is 0.888. The summed E-state index contributed by atoms with van der Waals surface area (Å²) in [5.41, 5.74) is 1.39. The van der Waals surface area contributed by atoms with Gasteiger partial charge >= 0.3 is 0 Å². The molecule has 0 bridgehead atoms. The van der Waals surface area contributed by atoms with Crippen molar-refractivity contribution in [2.75, 3.05) is 32.4 Å². The molecule has 1 amide bonds. The first-order chi connectivity index (χ1) is 12.8. The number of methoxy groups -OCH3 is 3. The highest BCUT2D eigenvalue weighted by Gasteiger charge is 2.18. The van der Waals surface area contributed by atoms with Crippen LogP contribution in [0.25, 0.3) is 0 Å². The Morgan fingerprint density at radius 3 is 2.00 bits per heavy atom. The van der Waals surface area contributed by atoms with Gasteiger partial charge in [-0.3, -0.25) is 4.79 Å². The van der Waals surface area contributed by atoms with Gasteiger partial charge in [0.2, 0.25) is 11.7 Å². The minimum atomic E-state index is -3.53. The molecule has 0 heterocycles. The molecule has 0 aliphatic carbocycles. The lowest BCUT2D eigenvalue weighted by molar-refractivity contribution is -0.115. The molecule has 0 atom stereocenters. The molecule has 8 heteroatoms. The standard InChI is InChI=1S/C19H23NO6S/c1-13-5-7-15(8-6-13)27(22,23)10-9-18(21)20-14-11-16(24-2)19(26-4)17(12-14)25-3/h5-8,11-12H,9-10H2,1-4H3,(H,20,21). The summed E-state index contributed by atoms with van der Waals surface area (Å²) in [6, 6.07) is 9.69. The highest BCUT2D eigenvalue weighted by molar-refractivity contribution is 7.91. The molecule has 0 unspecified atom stereocenters. The fraction of sp³-hybridized carbons (Fsp3) is 0.316. The molecule has 0 fully saturated rings. The summed E-state index contributed by atoms with van der Waals surface area (Å²) in [4.78, 5) is 12.4. The maximum Gasteiger partial charge on any atom is 0.225 e. The largest absolute Gasteiger partial charge is 0.493 e. The van der Waals surface area contributed by atoms with Crippen LogP contribution in [0.3, 0.4) is 0 Å². The van der Waals surface area contributed by atoms with E-state index >= 15 is 0 Å². The average molecular weight is 393 g/mol. The number of amides is 1. The van der Waals surface area contributed by atoms with Crippen LogP contribution in [0.4, 0.5) is 5.69 Å². The van der Waals surface area contributed by atoms with Crippen LogP contribution in [0.15, 0.2) is 41.3 Å². The second kappa shape index (κ2) is 8.77. The molecule has 27 heavy (non-hydrogen) atoms. The summed E-state index contributed by atoms with van der Waals surface area (Å²) in [6.45, 7) is 1.88. The third-order valence-corrected chi connectivity index (χ3v) is 5.66. The van der Waals surface area contributed by atoms with Crippen molar-refractivity contribution in [3.05, 3.63) is 42.0 Å². The van der Waals surface area contributed by atoms with Gasteiger partial charge < -0.3 is 19.5 Å². The Balaban J connectivity index is 2.08. The first-order valence-corrected chi connectivity index (χ1v) is 9.85. The van der Waals surface area contributed by atoms with Crippen molar-refractivity contribution < 1.29 is 27.4 Å². The number of hydrogen-bond acceptors (Lipinski definition) is 6. The lowest BCUT2D eigenvalue weighted by Gasteiger charge is -2.14. The molecular formula is C19H23NO6S. The van der Waals surface area contributed by atoms with E-state index in [4.69, 9.17) is 14.2 Å². The van der Waals surface area contributed by atoms with E-state index in [0.717, 1.165) is 5.56 Å². The number of hydrogen-bond donors (Lipinski definition) is 1. The number of rotatable bonds is 8. The lowest BCUT2D eigenvalue weighted by Crippen LogP contribution is -2.17. The van der Waals surface area contributed by atoms with Crippen molar-refractivity contribution in [3.8, 4) is 17.2 Å². The number of ether oxygens (including phenoxy) is 3. The zero-order valence-corrected chi connectivity index (χ0v) is 16.6. The Labute approximate surface area is 159 Å². The van der Waals surface area contributed by atoms with Gasteiger partial charge in [-0.1, -0.05) is 17.7 Å². The van der Waals surface area contributed by atoms with Gasteiger partial charge in [-0.15, -0.1) is 0 Å². The van der Waals surface area contributed by atoms with Crippen molar-refractivity contribution in [2.24, 2.45) is 0 Å². The quantitative estimate of drug-likeness (QED) is 0.742. The molecule has 0 spiro atoms. The lowest BCUT2D eigenvalue weighted by atomic mass is 10.2. The van der Waals surface area contributed by atoms with Gasteiger partial charge in [0, 0.05) is 24.2 Å². The van der Waals surface area contributed by atoms with E-state index in [-0.39, 0.29) is 17.1 Å². The minimum absolute atomic E-state index is 0.174. The van der Waals surface area contributed by atoms with Crippen molar-refractivity contribution >= 4 is 21.4 Å². The average Bonchev–Trinajstić information content (AvgIpc) is 2.66. The predicted octanol–water partition coefficient (Wildman–Crippen LogP) is 2.82. The van der Waals surface area contributed by atoms with Gasteiger partial charge in [0.15, 0.2) is 21.3 Å². The molecular weight excluding hydrogens is 370 g/mol. The highest BCUT2D eigenvalue weighted by atomic mass is 32.2. The molecule has 0 aromatic heterocycles. The first kappa shape index (κ1) is 20.6. The van der Waals surface area contributed by atoms with E-state index in [1.165, 1.54) is 21.3 Å². The normalized spacial score (nSPS) is 11.0. The Kier molecular flexibility index (Phi) is 6.68. The zero-order valence-electron chi connectivity index (χ0n) is 15.7. The van der Waals surface area contributed by atoms with Crippen LogP contribution in [-0.4, -0.2) is 41.4 Å². The fourth-order valence-electron chi connectivity index (χ4n) is 2.47. The molecule has 2 aromatic carbocycles. The SMILES string of the molecule is COc1cc(NC(=O)CCS(=O)(=O)c2ccc(C)cc2)cc(OC)c1OC. The highest BCUT2D eigenvalue weighted by Crippen LogP contribution is 2.39. The Morgan fingerprint density at radius 1 is 0.963 bits per heavy atom. The Bertz CT molecular complexity index is 881. The van der Waals surface area contributed by atoms with E-state index in [2.05, 4.69) is 5.32 Å². The van der Waals surface area contributed by atoms with Crippen molar-refractivity contribution in [1.29, 1.82) is 0 Å². The second-order valence-corrected chi connectivity index (χ2v) is 7.95. The third kappa shape index (κ3) is 5.13. The van der Waals surface area contributed by atoms with Crippen LogP contribution in [0, 0.1) is 6.92 Å². The Hall–Kier alpha value is -2.74. The topological polar surface area (TPSA) is 90.9 Å². The van der Waals surface area contributed by atoms with Crippen molar-refractivity contribution in [3.63, 3.8) is 0 Å². The molecule has 0 saturated heterocycles. The van der Waals surface area contributed by atoms with Crippen LogP contribution in [0.2, 0.25) is 0 Å². The van der Waals surface area contributed by atoms with Gasteiger partial charge in [-0.25, -0.2) is 8.42 Å². The smallest absolute Gasteiger partial charge is 0.225 e. The third-order valence-electron chi connectivity index (χ3n) is 3.93. The van der Waals surface area contributed by atoms with Gasteiger partial charge in [-0.05, 0) is 19.1 Å². The second-order valence-electron chi connectivity index (χ2n) is 5.84. The summed E-state index contributed by atoms with van der Waals surface area (Å²) in [5, 5.41) is 2.66. The molecule has 0 radical (unpaired) electrons. The monoisotopic (exact) mass is 393 g/mol. The van der Waals surface area contributed by atoms with E-state index in [9.17, 15) is 13.2 Å². The molecule has 1 N–H and O–H groups in total. The number of sulfone groups is 1. The van der Waals surface area contributed by atoms with Crippen LogP contribution < -0.4 is 19.5 Å². The number of benzene rings is 2. The number of anilines is 1. The van der Waals surface area contributed by atoms with E-state index in [0.29, 0.717) is 22.9 Å². The summed E-state index contributed by atoms with van der Waals surface area (Å²) in [6.07, 6.45) is -0.174. The zero-order chi connectivity index (χ0) is 20.0. The summed E-state index contributed by atoms with van der Waals surface area (Å²) >= 11 is 0. The van der Waals surface area contributed by atoms with E-state index in [1.54, 1.807) is 36.4 Å². The van der Waals surface area contributed by atoms with Gasteiger partial charge in [0.25, 0.3) is 0 Å². The summed E-state index contributed by atoms with van der Waals surface area (Å²) in [5.74, 6) is 0.463. The van der Waals surface area contributed by atoms with Crippen LogP contribution >= 0.6 is 0 Å². The van der Waals surface area contributed by atoms with Gasteiger partial charge in [-0.2, -0.15) is 0 Å². The number of carbonyl (C=O) groups excluding carboxylic acids is 1. The molecule has 7 nitrogen and oxygen atoms in total. The maximum absolute atomic E-state index is 12.3. The number of aryl methyl sites for hydroxylation is 1. The van der Waals surface area contributed by atoms with E-state index < -0.39 is 15.7 Å². The fourth-order valence-corrected chi connectivity index (χ4v) is 3.71. The molecule has 0 saturated carbocycles. The summed E-state index contributed by atoms with van der Waals surface area (Å²) < 4.78 is 40.4. The van der Waals surface area contributed by atoms with Crippen LogP contribution in [0.1, 0.15) is 12.0 Å². The minimum Gasteiger partial charge on any atom is -0.493 e. The number of nitrogens with one attached hydrogen (secondary N) is 1. The van der Waals surface area contributed by atoms with Crippen molar-refractivity contribution in [2.45, 2.75) is 18.2 Å². The molecule has 0 aliphatic heterocycles. The molecule has 146 valence electrons. The van der Waals surface area contributed by atoms with E-state index in [1.807, 2.05) is 6.92 Å². The Morgan fingerprint density at radius 2 is 1.52 bits per heavy atom. The first-order valence-electron chi connectivity index (χ1n) is 8.20. The van der Waals surface area contributed by atoms with Gasteiger partial charge in [0.05, 0.1) is 32.0 Å². The predicted molar refractivity (Wildman–Crippen MR) is 103 cm³/mol. The van der Waals surface area contributed by atoms with Crippen LogP contribution in [0.5, 0.6) is 17.2 Å². The molecule has 2 aromatic rings. The van der Waals surface area contributed by atoms with Crippen molar-refractivity contribution in [1.82, 2.24) is 0 Å². The maximum atomic E-state index is 12.3. The van der Waals surface area contributed by atoms with Crippen LogP contribution in [-0.2, 0) is 14.6 Å². The number of carbonyl (C=O) groups is 1. The molecule has 0 aliphatic rings.